The average molecular weight is 294 g/mol. The van der Waals surface area contributed by atoms with Crippen LogP contribution in [-0.4, -0.2) is 12.6 Å². The van der Waals surface area contributed by atoms with E-state index in [1.165, 1.54) is 6.07 Å². The Morgan fingerprint density at radius 3 is 2.62 bits per heavy atom. The Bertz CT molecular complexity index is 568. The van der Waals surface area contributed by atoms with Crippen molar-refractivity contribution in [1.29, 1.82) is 0 Å². The van der Waals surface area contributed by atoms with Gasteiger partial charge in [0.2, 0.25) is 0 Å². The molecule has 0 saturated heterocycles. The lowest BCUT2D eigenvalue weighted by Crippen LogP contribution is -2.35. The first-order chi connectivity index (χ1) is 9.88. The molecule has 0 radical (unpaired) electrons. The monoisotopic (exact) mass is 294 g/mol. The molecule has 0 amide bonds. The Kier molecular flexibility index (Phi) is 4.26. The largest absolute Gasteiger partial charge is 0.407 e. The van der Waals surface area contributed by atoms with Gasteiger partial charge in [-0.05, 0) is 37.8 Å². The molecule has 0 spiro atoms. The van der Waals surface area contributed by atoms with E-state index in [0.717, 1.165) is 18.9 Å². The maximum Gasteiger partial charge on any atom is 0.407 e. The maximum absolute atomic E-state index is 13.1. The van der Waals surface area contributed by atoms with Crippen LogP contribution >= 0.6 is 0 Å². The van der Waals surface area contributed by atoms with Gasteiger partial charge in [-0.1, -0.05) is 12.1 Å². The maximum atomic E-state index is 13.1. The van der Waals surface area contributed by atoms with Crippen molar-refractivity contribution in [3.8, 4) is 0 Å². The standard InChI is InChI=1S/C16H17F3N2/c1-4-9-21(11(2)12-5-6-12)13-7-8-15(20-3)14(10-13)16(17,18)19/h4,7-8,10-12H,1,5-6,9H2,2H3. The summed E-state index contributed by atoms with van der Waals surface area (Å²) in [6.45, 7) is 13.1. The van der Waals surface area contributed by atoms with Gasteiger partial charge in [-0.25, -0.2) is 4.85 Å². The molecule has 1 aliphatic rings. The number of halogens is 3. The van der Waals surface area contributed by atoms with Crippen LogP contribution in [0.5, 0.6) is 0 Å². The molecule has 1 aliphatic carbocycles. The van der Waals surface area contributed by atoms with E-state index in [1.807, 2.05) is 11.8 Å². The van der Waals surface area contributed by atoms with Crippen LogP contribution in [0.1, 0.15) is 25.3 Å². The molecule has 2 nitrogen and oxygen atoms in total. The normalized spacial score (nSPS) is 16.1. The highest BCUT2D eigenvalue weighted by atomic mass is 19.4. The van der Waals surface area contributed by atoms with Crippen molar-refractivity contribution in [3.05, 3.63) is 47.8 Å². The predicted octanol–water partition coefficient (Wildman–Crippen LogP) is 5.05. The zero-order valence-corrected chi connectivity index (χ0v) is 11.8. The Morgan fingerprint density at radius 1 is 1.48 bits per heavy atom. The van der Waals surface area contributed by atoms with Crippen molar-refractivity contribution in [3.63, 3.8) is 0 Å². The summed E-state index contributed by atoms with van der Waals surface area (Å²) in [5, 5.41) is 0. The minimum Gasteiger partial charge on any atom is -0.365 e. The molecule has 0 bridgehead atoms. The summed E-state index contributed by atoms with van der Waals surface area (Å²) in [4.78, 5) is 4.89. The van der Waals surface area contributed by atoms with Gasteiger partial charge >= 0.3 is 6.18 Å². The van der Waals surface area contributed by atoms with E-state index in [-0.39, 0.29) is 11.7 Å². The molecule has 1 fully saturated rings. The third kappa shape index (κ3) is 3.38. The van der Waals surface area contributed by atoms with Crippen molar-refractivity contribution in [2.75, 3.05) is 11.4 Å². The molecule has 0 heterocycles. The summed E-state index contributed by atoms with van der Waals surface area (Å²) in [6.07, 6.45) is -0.602. The van der Waals surface area contributed by atoms with Gasteiger partial charge in [0.25, 0.3) is 0 Å². The number of hydrogen-bond donors (Lipinski definition) is 0. The molecular formula is C16H17F3N2. The quantitative estimate of drug-likeness (QED) is 0.545. The van der Waals surface area contributed by atoms with Crippen molar-refractivity contribution in [1.82, 2.24) is 0 Å². The SMILES string of the molecule is [C-]#[N+]c1ccc(N(CC=C)C(C)C2CC2)cc1C(F)(F)F. The Morgan fingerprint density at radius 2 is 2.14 bits per heavy atom. The number of nitrogens with zero attached hydrogens (tertiary/aromatic N) is 2. The lowest BCUT2D eigenvalue weighted by atomic mass is 10.1. The van der Waals surface area contributed by atoms with E-state index in [1.54, 1.807) is 12.1 Å². The van der Waals surface area contributed by atoms with Crippen molar-refractivity contribution >= 4 is 11.4 Å². The summed E-state index contributed by atoms with van der Waals surface area (Å²) in [5.74, 6) is 0.528. The minimum absolute atomic E-state index is 0.169. The molecule has 21 heavy (non-hydrogen) atoms. The van der Waals surface area contributed by atoms with Gasteiger partial charge in [0.1, 0.15) is 0 Å². The fourth-order valence-electron chi connectivity index (χ4n) is 2.51. The molecule has 1 saturated carbocycles. The van der Waals surface area contributed by atoms with E-state index < -0.39 is 11.7 Å². The van der Waals surface area contributed by atoms with Gasteiger partial charge in [0.05, 0.1) is 12.1 Å². The summed E-state index contributed by atoms with van der Waals surface area (Å²) in [6, 6.07) is 4.09. The molecule has 2 rings (SSSR count). The molecule has 1 atom stereocenters. The van der Waals surface area contributed by atoms with Crippen LogP contribution < -0.4 is 4.90 Å². The molecule has 112 valence electrons. The molecule has 5 heteroatoms. The second-order valence-electron chi connectivity index (χ2n) is 5.33. The second-order valence-corrected chi connectivity index (χ2v) is 5.33. The van der Waals surface area contributed by atoms with Gasteiger partial charge in [-0.2, -0.15) is 13.2 Å². The summed E-state index contributed by atoms with van der Waals surface area (Å²) >= 11 is 0. The molecule has 1 unspecified atom stereocenters. The van der Waals surface area contributed by atoms with E-state index in [0.29, 0.717) is 18.2 Å². The zero-order chi connectivity index (χ0) is 15.6. The molecule has 1 aromatic rings. The van der Waals surface area contributed by atoms with Gasteiger partial charge in [0, 0.05) is 18.3 Å². The number of hydrogen-bond acceptors (Lipinski definition) is 1. The highest BCUT2D eigenvalue weighted by Crippen LogP contribution is 2.41. The first-order valence-corrected chi connectivity index (χ1v) is 6.84. The van der Waals surface area contributed by atoms with Crippen molar-refractivity contribution in [2.24, 2.45) is 5.92 Å². The van der Waals surface area contributed by atoms with Crippen LogP contribution in [0, 0.1) is 12.5 Å². The zero-order valence-electron chi connectivity index (χ0n) is 11.8. The number of rotatable bonds is 5. The fraction of sp³-hybridized carbons (Fsp3) is 0.438. The molecule has 1 aromatic carbocycles. The topological polar surface area (TPSA) is 7.60 Å². The summed E-state index contributed by atoms with van der Waals surface area (Å²) < 4.78 is 39.2. The van der Waals surface area contributed by atoms with E-state index >= 15 is 0 Å². The fourth-order valence-corrected chi connectivity index (χ4v) is 2.51. The van der Waals surface area contributed by atoms with Gasteiger partial charge in [-0.15, -0.1) is 6.58 Å². The highest BCUT2D eigenvalue weighted by molar-refractivity contribution is 5.63. The Labute approximate surface area is 122 Å². The van der Waals surface area contributed by atoms with E-state index in [2.05, 4.69) is 11.4 Å². The summed E-state index contributed by atoms with van der Waals surface area (Å²) in [5.41, 5.74) is -0.732. The van der Waals surface area contributed by atoms with Crippen LogP contribution in [0.2, 0.25) is 0 Å². The van der Waals surface area contributed by atoms with Crippen molar-refractivity contribution < 1.29 is 13.2 Å². The molecule has 0 aliphatic heterocycles. The van der Waals surface area contributed by atoms with Crippen LogP contribution in [0.4, 0.5) is 24.5 Å². The minimum atomic E-state index is -4.52. The van der Waals surface area contributed by atoms with Gasteiger partial charge in [-0.3, -0.25) is 0 Å². The first kappa shape index (κ1) is 15.4. The van der Waals surface area contributed by atoms with E-state index in [4.69, 9.17) is 6.57 Å². The third-order valence-corrected chi connectivity index (χ3v) is 3.86. The number of alkyl halides is 3. The summed E-state index contributed by atoms with van der Waals surface area (Å²) in [7, 11) is 0. The van der Waals surface area contributed by atoms with E-state index in [9.17, 15) is 13.2 Å². The lowest BCUT2D eigenvalue weighted by Gasteiger charge is -2.31. The number of anilines is 1. The van der Waals surface area contributed by atoms with Gasteiger partial charge in [0.15, 0.2) is 5.69 Å². The lowest BCUT2D eigenvalue weighted by molar-refractivity contribution is -0.136. The second kappa shape index (κ2) is 5.80. The van der Waals surface area contributed by atoms with Crippen molar-refractivity contribution in [2.45, 2.75) is 32.0 Å². The predicted molar refractivity (Wildman–Crippen MR) is 77.4 cm³/mol. The first-order valence-electron chi connectivity index (χ1n) is 6.84. The Hall–Kier alpha value is -1.96. The molecule has 0 aromatic heterocycles. The highest BCUT2D eigenvalue weighted by Gasteiger charge is 2.36. The molecular weight excluding hydrogens is 277 g/mol. The Balaban J connectivity index is 2.41. The van der Waals surface area contributed by atoms with Crippen LogP contribution in [0.3, 0.4) is 0 Å². The van der Waals surface area contributed by atoms with Gasteiger partial charge < -0.3 is 4.90 Å². The average Bonchev–Trinajstić information content (AvgIpc) is 3.27. The molecule has 0 N–H and O–H groups in total. The van der Waals surface area contributed by atoms with Crippen LogP contribution in [0.25, 0.3) is 4.85 Å². The number of benzene rings is 1. The van der Waals surface area contributed by atoms with Crippen LogP contribution in [-0.2, 0) is 6.18 Å². The smallest absolute Gasteiger partial charge is 0.365 e. The van der Waals surface area contributed by atoms with Crippen LogP contribution in [0.15, 0.2) is 30.9 Å². The third-order valence-electron chi connectivity index (χ3n) is 3.86.